The fourth-order valence-corrected chi connectivity index (χ4v) is 3.46. The van der Waals surface area contributed by atoms with Crippen LogP contribution < -0.4 is 0 Å². The second-order valence-electron chi connectivity index (χ2n) is 4.83. The first-order valence-electron chi connectivity index (χ1n) is 6.59. The van der Waals surface area contributed by atoms with Crippen LogP contribution in [0.5, 0.6) is 0 Å². The van der Waals surface area contributed by atoms with Gasteiger partial charge in [0.15, 0.2) is 0 Å². The third kappa shape index (κ3) is 3.09. The van der Waals surface area contributed by atoms with Crippen LogP contribution in [-0.2, 0) is 10.0 Å². The fraction of sp³-hybridized carbons (Fsp3) is 0.176. The molecule has 0 aliphatic carbocycles. The molecule has 0 heterocycles. The maximum atomic E-state index is 12.7. The number of hydrogen-bond donors (Lipinski definition) is 0. The number of hydrogen-bond acceptors (Lipinski definition) is 2. The topological polar surface area (TPSA) is 37.4 Å². The van der Waals surface area contributed by atoms with E-state index in [1.807, 2.05) is 37.3 Å². The van der Waals surface area contributed by atoms with Gasteiger partial charge in [0.1, 0.15) is 0 Å². The zero-order valence-electron chi connectivity index (χ0n) is 12.0. The van der Waals surface area contributed by atoms with Crippen molar-refractivity contribution in [2.24, 2.45) is 0 Å². The van der Waals surface area contributed by atoms with E-state index in [1.165, 1.54) is 0 Å². The molecule has 0 aliphatic heterocycles. The molecule has 0 amide bonds. The van der Waals surface area contributed by atoms with Crippen LogP contribution >= 0.6 is 0 Å². The zero-order valence-corrected chi connectivity index (χ0v) is 12.8. The highest BCUT2D eigenvalue weighted by molar-refractivity contribution is 7.89. The van der Waals surface area contributed by atoms with Gasteiger partial charge in [0.05, 0.1) is 10.9 Å². The van der Waals surface area contributed by atoms with E-state index < -0.39 is 16.1 Å². The minimum atomic E-state index is -3.72. The molecule has 0 N–H and O–H groups in total. The molecule has 0 radical (unpaired) electrons. The summed E-state index contributed by atoms with van der Waals surface area (Å²) in [5.74, 6) is 0. The fourth-order valence-electron chi connectivity index (χ4n) is 2.08. The lowest BCUT2D eigenvalue weighted by Crippen LogP contribution is -2.29. The summed E-state index contributed by atoms with van der Waals surface area (Å²) in [5.41, 5.74) is 1.85. The minimum absolute atomic E-state index is 0.203. The van der Waals surface area contributed by atoms with Crippen molar-refractivity contribution >= 4 is 10.0 Å². The van der Waals surface area contributed by atoms with E-state index in [1.54, 1.807) is 31.2 Å². The number of aryl methyl sites for hydroxylation is 1. The second kappa shape index (κ2) is 6.02. The third-order valence-corrected chi connectivity index (χ3v) is 5.15. The summed E-state index contributed by atoms with van der Waals surface area (Å²) in [6.07, 6.45) is 5.46. The molecule has 1 atom stereocenters. The molecule has 4 heteroatoms. The Balaban J connectivity index is 2.41. The monoisotopic (exact) mass is 299 g/mol. The number of benzene rings is 2. The summed E-state index contributed by atoms with van der Waals surface area (Å²) >= 11 is 0. The van der Waals surface area contributed by atoms with Crippen LogP contribution in [0.15, 0.2) is 59.5 Å². The van der Waals surface area contributed by atoms with Crippen LogP contribution in [-0.4, -0.2) is 12.7 Å². The average molecular weight is 299 g/mol. The van der Waals surface area contributed by atoms with Crippen molar-refractivity contribution in [3.05, 3.63) is 65.7 Å². The summed E-state index contributed by atoms with van der Waals surface area (Å²) in [5, 5.41) is 0. The number of sulfonamides is 1. The Hall–Kier alpha value is -2.25. The van der Waals surface area contributed by atoms with Crippen molar-refractivity contribution < 1.29 is 8.42 Å². The van der Waals surface area contributed by atoms with E-state index >= 15 is 0 Å². The number of terminal acetylenes is 1. The van der Waals surface area contributed by atoms with Crippen molar-refractivity contribution in [2.45, 2.75) is 24.8 Å². The lowest BCUT2D eigenvalue weighted by atomic mass is 10.1. The van der Waals surface area contributed by atoms with Crippen molar-refractivity contribution in [1.82, 2.24) is 4.31 Å². The first kappa shape index (κ1) is 15.1. The molecule has 2 aromatic carbocycles. The summed E-state index contributed by atoms with van der Waals surface area (Å²) in [6, 6.07) is 17.9. The van der Waals surface area contributed by atoms with Crippen LogP contribution in [0.25, 0.3) is 0 Å². The molecule has 21 heavy (non-hydrogen) atoms. The van der Waals surface area contributed by atoms with Gasteiger partial charge in [-0.15, -0.1) is 0 Å². The molecule has 1 unspecified atom stereocenters. The van der Waals surface area contributed by atoms with E-state index in [0.717, 1.165) is 15.4 Å². The van der Waals surface area contributed by atoms with Gasteiger partial charge < -0.3 is 0 Å². The van der Waals surface area contributed by atoms with Gasteiger partial charge in [-0.1, -0.05) is 54.5 Å². The quantitative estimate of drug-likeness (QED) is 0.641. The predicted octanol–water partition coefficient (Wildman–Crippen LogP) is 3.34. The van der Waals surface area contributed by atoms with E-state index in [-0.39, 0.29) is 4.90 Å². The Morgan fingerprint density at radius 2 is 1.62 bits per heavy atom. The van der Waals surface area contributed by atoms with Gasteiger partial charge in [0, 0.05) is 6.04 Å². The molecule has 0 fully saturated rings. The summed E-state index contributed by atoms with van der Waals surface area (Å²) in [6.45, 7) is 3.68. The van der Waals surface area contributed by atoms with Crippen LogP contribution in [0, 0.1) is 19.4 Å². The maximum absolute atomic E-state index is 12.7. The Morgan fingerprint density at radius 1 is 1.05 bits per heavy atom. The molecule has 0 spiro atoms. The molecule has 0 aromatic heterocycles. The molecule has 108 valence electrons. The van der Waals surface area contributed by atoms with E-state index in [4.69, 9.17) is 6.42 Å². The Morgan fingerprint density at radius 3 is 2.14 bits per heavy atom. The zero-order chi connectivity index (χ0) is 15.5. The summed E-state index contributed by atoms with van der Waals surface area (Å²) < 4.78 is 26.4. The lowest BCUT2D eigenvalue weighted by Gasteiger charge is -2.25. The van der Waals surface area contributed by atoms with Crippen molar-refractivity contribution in [3.63, 3.8) is 0 Å². The molecule has 2 aromatic rings. The van der Waals surface area contributed by atoms with Crippen LogP contribution in [0.3, 0.4) is 0 Å². The van der Waals surface area contributed by atoms with Crippen LogP contribution in [0.1, 0.15) is 24.1 Å². The van der Waals surface area contributed by atoms with Gasteiger partial charge in [0.2, 0.25) is 0 Å². The highest BCUT2D eigenvalue weighted by atomic mass is 32.2. The van der Waals surface area contributed by atoms with Crippen LogP contribution in [0.2, 0.25) is 0 Å². The second-order valence-corrected chi connectivity index (χ2v) is 6.64. The molecular weight excluding hydrogens is 282 g/mol. The van der Waals surface area contributed by atoms with Gasteiger partial charge in [-0.2, -0.15) is 0 Å². The SMILES string of the molecule is C#CN(C(C)c1ccccc1)S(=O)(=O)c1ccc(C)cc1. The first-order valence-corrected chi connectivity index (χ1v) is 8.03. The van der Waals surface area contributed by atoms with Crippen LogP contribution in [0.4, 0.5) is 0 Å². The number of nitrogens with zero attached hydrogens (tertiary/aromatic N) is 1. The molecular formula is C17H17NO2S. The highest BCUT2D eigenvalue weighted by Crippen LogP contribution is 2.26. The Kier molecular flexibility index (Phi) is 4.35. The predicted molar refractivity (Wildman–Crippen MR) is 83.9 cm³/mol. The normalized spacial score (nSPS) is 12.4. The Labute approximate surface area is 126 Å². The van der Waals surface area contributed by atoms with Crippen molar-refractivity contribution in [3.8, 4) is 12.5 Å². The average Bonchev–Trinajstić information content (AvgIpc) is 2.49. The Bertz CT molecular complexity index is 744. The minimum Gasteiger partial charge on any atom is -0.217 e. The molecule has 0 aliphatic rings. The number of rotatable bonds is 4. The van der Waals surface area contributed by atoms with Gasteiger partial charge >= 0.3 is 0 Å². The van der Waals surface area contributed by atoms with E-state index in [0.29, 0.717) is 0 Å². The molecule has 3 nitrogen and oxygen atoms in total. The smallest absolute Gasteiger partial charge is 0.217 e. The molecule has 0 saturated carbocycles. The molecule has 2 rings (SSSR count). The summed E-state index contributed by atoms with van der Waals surface area (Å²) in [4.78, 5) is 0.203. The van der Waals surface area contributed by atoms with Gasteiger partial charge in [0.25, 0.3) is 10.0 Å². The first-order chi connectivity index (χ1) is 9.96. The van der Waals surface area contributed by atoms with Gasteiger partial charge in [-0.3, -0.25) is 0 Å². The highest BCUT2D eigenvalue weighted by Gasteiger charge is 2.27. The van der Waals surface area contributed by atoms with Crippen molar-refractivity contribution in [1.29, 1.82) is 0 Å². The van der Waals surface area contributed by atoms with E-state index in [2.05, 4.69) is 6.04 Å². The van der Waals surface area contributed by atoms with Gasteiger partial charge in [-0.05, 0) is 31.5 Å². The largest absolute Gasteiger partial charge is 0.271 e. The summed E-state index contributed by atoms with van der Waals surface area (Å²) in [7, 11) is -3.72. The molecule has 0 bridgehead atoms. The maximum Gasteiger partial charge on any atom is 0.271 e. The van der Waals surface area contributed by atoms with Crippen molar-refractivity contribution in [2.75, 3.05) is 0 Å². The lowest BCUT2D eigenvalue weighted by molar-refractivity contribution is 0.447. The molecule has 0 saturated heterocycles. The van der Waals surface area contributed by atoms with Gasteiger partial charge in [-0.25, -0.2) is 12.7 Å². The standard InChI is InChI=1S/C17H17NO2S/c1-4-18(15(3)16-8-6-5-7-9-16)21(19,20)17-12-10-14(2)11-13-17/h1,5-13,15H,2-3H3. The third-order valence-electron chi connectivity index (χ3n) is 3.34. The van der Waals surface area contributed by atoms with E-state index in [9.17, 15) is 8.42 Å².